The lowest BCUT2D eigenvalue weighted by molar-refractivity contribution is -0.123. The van der Waals surface area contributed by atoms with Crippen molar-refractivity contribution >= 4 is 23.6 Å². The van der Waals surface area contributed by atoms with Crippen molar-refractivity contribution in [2.75, 3.05) is 12.3 Å². The molecule has 7 nitrogen and oxygen atoms in total. The summed E-state index contributed by atoms with van der Waals surface area (Å²) in [6, 6.07) is 3.75. The van der Waals surface area contributed by atoms with Gasteiger partial charge in [0.1, 0.15) is 0 Å². The number of ether oxygens (including phenoxy) is 1. The second-order valence-corrected chi connectivity index (χ2v) is 3.56. The third-order valence-electron chi connectivity index (χ3n) is 2.08. The molecule has 0 heterocycles. The van der Waals surface area contributed by atoms with E-state index in [2.05, 4.69) is 0 Å². The highest BCUT2D eigenvalue weighted by atomic mass is 16.5. The van der Waals surface area contributed by atoms with Gasteiger partial charge in [-0.25, -0.2) is 9.59 Å². The lowest BCUT2D eigenvalue weighted by Gasteiger charge is -2.07. The second-order valence-electron chi connectivity index (χ2n) is 3.56. The van der Waals surface area contributed by atoms with Crippen molar-refractivity contribution in [3.63, 3.8) is 0 Å². The first-order valence-corrected chi connectivity index (χ1v) is 5.02. The van der Waals surface area contributed by atoms with Crippen LogP contribution < -0.4 is 16.8 Å². The summed E-state index contributed by atoms with van der Waals surface area (Å²) in [6.07, 6.45) is 0. The monoisotopic (exact) mass is 251 g/mol. The van der Waals surface area contributed by atoms with E-state index in [0.29, 0.717) is 11.3 Å². The Morgan fingerprint density at radius 2 is 2.00 bits per heavy atom. The summed E-state index contributed by atoms with van der Waals surface area (Å²) < 4.78 is 4.71. The summed E-state index contributed by atoms with van der Waals surface area (Å²) in [5, 5.41) is 1.77. The van der Waals surface area contributed by atoms with E-state index in [0.717, 1.165) is 0 Å². The Bertz CT molecular complexity index is 499. The second kappa shape index (κ2) is 5.67. The molecule has 0 unspecified atom stereocenters. The Hall–Kier alpha value is -2.57. The molecule has 96 valence electrons. The molecule has 1 aromatic carbocycles. The fraction of sp³-hybridized carbons (Fsp3) is 0.182. The minimum atomic E-state index is -1.00. The average molecular weight is 251 g/mol. The van der Waals surface area contributed by atoms with Crippen LogP contribution >= 0.6 is 0 Å². The zero-order chi connectivity index (χ0) is 13.7. The number of nitrogens with one attached hydrogen (secondary N) is 1. The smallest absolute Gasteiger partial charge is 0.338 e. The van der Waals surface area contributed by atoms with Gasteiger partial charge in [0.2, 0.25) is 0 Å². The summed E-state index contributed by atoms with van der Waals surface area (Å²) in [5.74, 6) is -1.49. The topological polar surface area (TPSA) is 125 Å². The molecule has 0 fully saturated rings. The van der Waals surface area contributed by atoms with Gasteiger partial charge in [-0.2, -0.15) is 0 Å². The van der Waals surface area contributed by atoms with Crippen LogP contribution in [0.4, 0.5) is 10.5 Å². The number of rotatable bonds is 3. The standard InChI is InChI=1S/C11H13N3O4/c1-6-2-3-7(12)4-8(6)10(16)18-5-9(15)14-11(13)17/h2-4H,5,12H2,1H3,(H3,13,14,15,17). The predicted molar refractivity (Wildman–Crippen MR) is 63.6 cm³/mol. The number of hydrogen-bond donors (Lipinski definition) is 3. The quantitative estimate of drug-likeness (QED) is 0.512. The first kappa shape index (κ1) is 13.5. The Kier molecular flexibility index (Phi) is 4.25. The van der Waals surface area contributed by atoms with E-state index in [9.17, 15) is 14.4 Å². The van der Waals surface area contributed by atoms with Crippen LogP contribution in [0.5, 0.6) is 0 Å². The Balaban J connectivity index is 2.63. The molecular formula is C11H13N3O4. The number of nitrogens with two attached hydrogens (primary N) is 2. The maximum absolute atomic E-state index is 11.6. The summed E-state index contributed by atoms with van der Waals surface area (Å²) in [4.78, 5) is 33.0. The van der Waals surface area contributed by atoms with Crippen LogP contribution in [0.15, 0.2) is 18.2 Å². The molecule has 0 aliphatic heterocycles. The van der Waals surface area contributed by atoms with E-state index in [1.807, 2.05) is 0 Å². The first-order chi connectivity index (χ1) is 8.40. The number of anilines is 1. The number of hydrogen-bond acceptors (Lipinski definition) is 5. The molecule has 0 saturated carbocycles. The molecule has 0 aromatic heterocycles. The third kappa shape index (κ3) is 3.78. The zero-order valence-electron chi connectivity index (χ0n) is 9.73. The largest absolute Gasteiger partial charge is 0.452 e. The number of aryl methyl sites for hydroxylation is 1. The van der Waals surface area contributed by atoms with E-state index in [-0.39, 0.29) is 5.56 Å². The van der Waals surface area contributed by atoms with E-state index in [1.165, 1.54) is 6.07 Å². The van der Waals surface area contributed by atoms with E-state index in [1.54, 1.807) is 24.4 Å². The molecule has 0 aliphatic rings. The Labute approximate surface area is 103 Å². The molecule has 0 saturated heterocycles. The number of nitrogen functional groups attached to an aromatic ring is 1. The number of esters is 1. The fourth-order valence-corrected chi connectivity index (χ4v) is 1.24. The molecule has 3 amide bonds. The molecule has 0 bridgehead atoms. The molecule has 1 aromatic rings. The number of benzene rings is 1. The van der Waals surface area contributed by atoms with Gasteiger partial charge in [-0.05, 0) is 24.6 Å². The van der Waals surface area contributed by atoms with Crippen molar-refractivity contribution in [1.82, 2.24) is 5.32 Å². The van der Waals surface area contributed by atoms with Gasteiger partial charge in [0.05, 0.1) is 5.56 Å². The minimum Gasteiger partial charge on any atom is -0.452 e. The zero-order valence-corrected chi connectivity index (χ0v) is 9.73. The van der Waals surface area contributed by atoms with Crippen molar-refractivity contribution in [3.05, 3.63) is 29.3 Å². The highest BCUT2D eigenvalue weighted by Gasteiger charge is 2.13. The van der Waals surface area contributed by atoms with Crippen molar-refractivity contribution in [2.24, 2.45) is 5.73 Å². The van der Waals surface area contributed by atoms with Crippen molar-refractivity contribution in [2.45, 2.75) is 6.92 Å². The minimum absolute atomic E-state index is 0.266. The van der Waals surface area contributed by atoms with Gasteiger partial charge in [-0.15, -0.1) is 0 Å². The van der Waals surface area contributed by atoms with Gasteiger partial charge in [-0.3, -0.25) is 10.1 Å². The van der Waals surface area contributed by atoms with E-state index >= 15 is 0 Å². The number of carbonyl (C=O) groups excluding carboxylic acids is 3. The predicted octanol–water partition coefficient (Wildman–Crippen LogP) is -0.0711. The third-order valence-corrected chi connectivity index (χ3v) is 2.08. The van der Waals surface area contributed by atoms with Crippen LogP contribution in [0, 0.1) is 6.92 Å². The van der Waals surface area contributed by atoms with Crippen molar-refractivity contribution in [1.29, 1.82) is 0 Å². The Morgan fingerprint density at radius 1 is 1.33 bits per heavy atom. The number of primary amides is 1. The Morgan fingerprint density at radius 3 is 2.61 bits per heavy atom. The lowest BCUT2D eigenvalue weighted by Crippen LogP contribution is -2.37. The fourth-order valence-electron chi connectivity index (χ4n) is 1.24. The maximum Gasteiger partial charge on any atom is 0.338 e. The van der Waals surface area contributed by atoms with Crippen molar-refractivity contribution < 1.29 is 19.1 Å². The molecule has 18 heavy (non-hydrogen) atoms. The highest BCUT2D eigenvalue weighted by molar-refractivity contribution is 5.97. The number of carbonyl (C=O) groups is 3. The average Bonchev–Trinajstić information content (AvgIpc) is 2.28. The van der Waals surface area contributed by atoms with Gasteiger partial charge in [0.15, 0.2) is 6.61 Å². The number of imide groups is 1. The van der Waals surface area contributed by atoms with Gasteiger partial charge in [0, 0.05) is 5.69 Å². The molecule has 0 aliphatic carbocycles. The molecule has 7 heteroatoms. The van der Waals surface area contributed by atoms with Crippen LogP contribution in [0.25, 0.3) is 0 Å². The summed E-state index contributed by atoms with van der Waals surface area (Å²) in [7, 11) is 0. The van der Waals surface area contributed by atoms with Crippen LogP contribution in [-0.2, 0) is 9.53 Å². The first-order valence-electron chi connectivity index (χ1n) is 5.02. The molecule has 5 N–H and O–H groups in total. The molecule has 1 rings (SSSR count). The maximum atomic E-state index is 11.6. The van der Waals surface area contributed by atoms with Crippen LogP contribution in [0.3, 0.4) is 0 Å². The number of urea groups is 1. The van der Waals surface area contributed by atoms with Crippen molar-refractivity contribution in [3.8, 4) is 0 Å². The highest BCUT2D eigenvalue weighted by Crippen LogP contribution is 2.13. The van der Waals surface area contributed by atoms with Gasteiger partial charge in [0.25, 0.3) is 5.91 Å². The summed E-state index contributed by atoms with van der Waals surface area (Å²) in [6.45, 7) is 1.12. The molecule has 0 atom stereocenters. The van der Waals surface area contributed by atoms with Crippen LogP contribution in [0.1, 0.15) is 15.9 Å². The van der Waals surface area contributed by atoms with Gasteiger partial charge in [-0.1, -0.05) is 6.07 Å². The molecule has 0 spiro atoms. The van der Waals surface area contributed by atoms with E-state index in [4.69, 9.17) is 16.2 Å². The molecule has 0 radical (unpaired) electrons. The van der Waals surface area contributed by atoms with Crippen LogP contribution in [0.2, 0.25) is 0 Å². The lowest BCUT2D eigenvalue weighted by atomic mass is 10.1. The SMILES string of the molecule is Cc1ccc(N)cc1C(=O)OCC(=O)NC(N)=O. The normalized spacial score (nSPS) is 9.61. The summed E-state index contributed by atoms with van der Waals surface area (Å²) in [5.41, 5.74) is 11.6. The van der Waals surface area contributed by atoms with Gasteiger partial charge >= 0.3 is 12.0 Å². The van der Waals surface area contributed by atoms with Crippen LogP contribution in [-0.4, -0.2) is 24.5 Å². The van der Waals surface area contributed by atoms with E-state index < -0.39 is 24.5 Å². The number of amides is 3. The molecular weight excluding hydrogens is 238 g/mol. The van der Waals surface area contributed by atoms with Gasteiger partial charge < -0.3 is 16.2 Å². The summed E-state index contributed by atoms with van der Waals surface area (Å²) >= 11 is 0.